The lowest BCUT2D eigenvalue weighted by Crippen LogP contribution is -2.02. The fourth-order valence-electron chi connectivity index (χ4n) is 1.04. The van der Waals surface area contributed by atoms with Gasteiger partial charge in [-0.2, -0.15) is 0 Å². The number of rotatable bonds is 5. The second kappa shape index (κ2) is 5.54. The molecule has 0 bridgehead atoms. The van der Waals surface area contributed by atoms with Gasteiger partial charge in [0, 0.05) is 13.0 Å². The van der Waals surface area contributed by atoms with Gasteiger partial charge in [0.1, 0.15) is 5.75 Å². The van der Waals surface area contributed by atoms with E-state index in [2.05, 4.69) is 0 Å². The van der Waals surface area contributed by atoms with Crippen LogP contribution in [-0.2, 0) is 0 Å². The first-order valence-electron chi connectivity index (χ1n) is 4.36. The molecule has 0 aliphatic carbocycles. The van der Waals surface area contributed by atoms with Crippen LogP contribution >= 0.6 is 0 Å². The van der Waals surface area contributed by atoms with E-state index in [4.69, 9.17) is 9.84 Å². The Labute approximate surface area is 81.1 Å². The third-order valence-electron chi connectivity index (χ3n) is 1.71. The van der Waals surface area contributed by atoms with Crippen LogP contribution in [0.1, 0.15) is 18.4 Å². The lowest BCUT2D eigenvalue weighted by molar-refractivity contribution is 0.144. The number of alkyl halides is 2. The van der Waals surface area contributed by atoms with E-state index in [-0.39, 0.29) is 24.5 Å². The number of ether oxygens (including phenoxy) is 1. The molecule has 0 aliphatic heterocycles. The van der Waals surface area contributed by atoms with Gasteiger partial charge in [-0.1, -0.05) is 12.1 Å². The minimum absolute atomic E-state index is 0.00313. The predicted octanol–water partition coefficient (Wildman–Crippen LogP) is 2.39. The highest BCUT2D eigenvalue weighted by Crippen LogP contribution is 2.28. The Morgan fingerprint density at radius 3 is 2.64 bits per heavy atom. The van der Waals surface area contributed by atoms with E-state index in [0.717, 1.165) is 0 Å². The molecule has 1 N–H and O–H groups in total. The molecule has 1 aromatic carbocycles. The van der Waals surface area contributed by atoms with E-state index in [1.165, 1.54) is 12.1 Å². The maximum Gasteiger partial charge on any atom is 0.267 e. The van der Waals surface area contributed by atoms with E-state index in [9.17, 15) is 8.78 Å². The Kier molecular flexibility index (Phi) is 4.32. The summed E-state index contributed by atoms with van der Waals surface area (Å²) in [6.45, 7) is 0.247. The Hall–Kier alpha value is -1.16. The molecular formula is C10H12F2O2. The van der Waals surface area contributed by atoms with Gasteiger partial charge in [0.25, 0.3) is 6.43 Å². The Bertz CT molecular complexity index is 277. The van der Waals surface area contributed by atoms with Crippen LogP contribution in [-0.4, -0.2) is 18.3 Å². The summed E-state index contributed by atoms with van der Waals surface area (Å²) >= 11 is 0. The SMILES string of the molecule is OCCCOc1ccccc1C(F)F. The summed E-state index contributed by atoms with van der Waals surface area (Å²) in [6, 6.07) is 6.01. The molecule has 0 radical (unpaired) electrons. The lowest BCUT2D eigenvalue weighted by Gasteiger charge is -2.09. The van der Waals surface area contributed by atoms with Gasteiger partial charge in [0.15, 0.2) is 0 Å². The van der Waals surface area contributed by atoms with Crippen molar-refractivity contribution in [2.24, 2.45) is 0 Å². The van der Waals surface area contributed by atoms with Crippen molar-refractivity contribution in [2.45, 2.75) is 12.8 Å². The van der Waals surface area contributed by atoms with Gasteiger partial charge in [-0.3, -0.25) is 0 Å². The number of halogens is 2. The van der Waals surface area contributed by atoms with E-state index in [1.807, 2.05) is 0 Å². The molecule has 2 nitrogen and oxygen atoms in total. The van der Waals surface area contributed by atoms with Crippen molar-refractivity contribution >= 4 is 0 Å². The van der Waals surface area contributed by atoms with E-state index in [1.54, 1.807) is 12.1 Å². The first kappa shape index (κ1) is 10.9. The van der Waals surface area contributed by atoms with Gasteiger partial charge in [-0.05, 0) is 12.1 Å². The summed E-state index contributed by atoms with van der Waals surface area (Å²) in [7, 11) is 0. The van der Waals surface area contributed by atoms with Gasteiger partial charge in [-0.15, -0.1) is 0 Å². The minimum Gasteiger partial charge on any atom is -0.493 e. The molecule has 0 saturated carbocycles. The van der Waals surface area contributed by atoms with Gasteiger partial charge < -0.3 is 9.84 Å². The van der Waals surface area contributed by atoms with Crippen LogP contribution in [0.4, 0.5) is 8.78 Å². The summed E-state index contributed by atoms with van der Waals surface area (Å²) in [5.41, 5.74) is -0.106. The molecule has 0 spiro atoms. The molecule has 4 heteroatoms. The summed E-state index contributed by atoms with van der Waals surface area (Å²) in [6.07, 6.45) is -2.09. The molecule has 14 heavy (non-hydrogen) atoms. The van der Waals surface area contributed by atoms with Crippen molar-refractivity contribution in [2.75, 3.05) is 13.2 Å². The molecule has 78 valence electrons. The van der Waals surface area contributed by atoms with Crippen LogP contribution in [0.25, 0.3) is 0 Å². The van der Waals surface area contributed by atoms with Crippen molar-refractivity contribution in [3.63, 3.8) is 0 Å². The number of hydrogen-bond donors (Lipinski definition) is 1. The Balaban J connectivity index is 2.64. The molecule has 0 aliphatic rings. The smallest absolute Gasteiger partial charge is 0.267 e. The van der Waals surface area contributed by atoms with E-state index >= 15 is 0 Å². The topological polar surface area (TPSA) is 29.5 Å². The molecule has 0 saturated heterocycles. The second-order valence-electron chi connectivity index (χ2n) is 2.76. The maximum absolute atomic E-state index is 12.4. The molecule has 1 rings (SSSR count). The highest BCUT2D eigenvalue weighted by Gasteiger charge is 2.12. The van der Waals surface area contributed by atoms with Crippen molar-refractivity contribution < 1.29 is 18.6 Å². The number of aliphatic hydroxyl groups excluding tert-OH is 1. The van der Waals surface area contributed by atoms with Gasteiger partial charge >= 0.3 is 0 Å². The molecule has 0 aromatic heterocycles. The third-order valence-corrected chi connectivity index (χ3v) is 1.71. The lowest BCUT2D eigenvalue weighted by atomic mass is 10.2. The van der Waals surface area contributed by atoms with Gasteiger partial charge in [0.05, 0.1) is 12.2 Å². The minimum atomic E-state index is -2.53. The van der Waals surface area contributed by atoms with Crippen LogP contribution in [0.3, 0.4) is 0 Å². The summed E-state index contributed by atoms with van der Waals surface area (Å²) in [5.74, 6) is 0.191. The zero-order valence-electron chi connectivity index (χ0n) is 7.62. The van der Waals surface area contributed by atoms with E-state index < -0.39 is 6.43 Å². The van der Waals surface area contributed by atoms with Crippen molar-refractivity contribution in [1.82, 2.24) is 0 Å². The summed E-state index contributed by atoms with van der Waals surface area (Å²) in [4.78, 5) is 0. The maximum atomic E-state index is 12.4. The largest absolute Gasteiger partial charge is 0.493 e. The fraction of sp³-hybridized carbons (Fsp3) is 0.400. The number of aliphatic hydroxyl groups is 1. The van der Waals surface area contributed by atoms with Crippen LogP contribution in [0.2, 0.25) is 0 Å². The first-order chi connectivity index (χ1) is 6.75. The standard InChI is InChI=1S/C10H12F2O2/c11-10(12)8-4-1-2-5-9(8)14-7-3-6-13/h1-2,4-5,10,13H,3,6-7H2. The van der Waals surface area contributed by atoms with E-state index in [0.29, 0.717) is 6.42 Å². The average Bonchev–Trinajstić information content (AvgIpc) is 2.19. The summed E-state index contributed by atoms with van der Waals surface area (Å²) in [5, 5.41) is 8.49. The molecular weight excluding hydrogens is 190 g/mol. The van der Waals surface area contributed by atoms with Gasteiger partial charge in [-0.25, -0.2) is 8.78 Å². The second-order valence-corrected chi connectivity index (χ2v) is 2.76. The van der Waals surface area contributed by atoms with Crippen LogP contribution in [0.15, 0.2) is 24.3 Å². The van der Waals surface area contributed by atoms with Crippen molar-refractivity contribution in [3.05, 3.63) is 29.8 Å². The van der Waals surface area contributed by atoms with Crippen LogP contribution < -0.4 is 4.74 Å². The normalized spacial score (nSPS) is 10.6. The molecule has 0 unspecified atom stereocenters. The number of benzene rings is 1. The third kappa shape index (κ3) is 2.96. The molecule has 1 aromatic rings. The Morgan fingerprint density at radius 2 is 2.00 bits per heavy atom. The first-order valence-corrected chi connectivity index (χ1v) is 4.36. The fourth-order valence-corrected chi connectivity index (χ4v) is 1.04. The molecule has 0 fully saturated rings. The van der Waals surface area contributed by atoms with Crippen LogP contribution in [0, 0.1) is 0 Å². The molecule has 0 atom stereocenters. The number of para-hydroxylation sites is 1. The van der Waals surface area contributed by atoms with Crippen molar-refractivity contribution in [1.29, 1.82) is 0 Å². The predicted molar refractivity (Wildman–Crippen MR) is 48.6 cm³/mol. The highest BCUT2D eigenvalue weighted by molar-refractivity contribution is 5.34. The van der Waals surface area contributed by atoms with Crippen molar-refractivity contribution in [3.8, 4) is 5.75 Å². The zero-order valence-corrected chi connectivity index (χ0v) is 7.62. The summed E-state index contributed by atoms with van der Waals surface area (Å²) < 4.78 is 29.9. The zero-order chi connectivity index (χ0) is 10.4. The molecule has 0 heterocycles. The van der Waals surface area contributed by atoms with Crippen LogP contribution in [0.5, 0.6) is 5.75 Å². The molecule has 0 amide bonds. The van der Waals surface area contributed by atoms with Gasteiger partial charge in [0.2, 0.25) is 0 Å². The average molecular weight is 202 g/mol. The quantitative estimate of drug-likeness (QED) is 0.743. The highest BCUT2D eigenvalue weighted by atomic mass is 19.3. The number of hydrogen-bond acceptors (Lipinski definition) is 2. The monoisotopic (exact) mass is 202 g/mol. The Morgan fingerprint density at radius 1 is 1.29 bits per heavy atom.